The number of anilines is 1. The van der Waals surface area contributed by atoms with Crippen molar-refractivity contribution in [3.63, 3.8) is 0 Å². The number of amides is 1. The van der Waals surface area contributed by atoms with Crippen molar-refractivity contribution >= 4 is 11.6 Å². The van der Waals surface area contributed by atoms with E-state index in [4.69, 9.17) is 0 Å². The van der Waals surface area contributed by atoms with E-state index in [1.54, 1.807) is 29.3 Å². The van der Waals surface area contributed by atoms with Crippen molar-refractivity contribution in [2.45, 2.75) is 116 Å². The van der Waals surface area contributed by atoms with E-state index < -0.39 is 0 Å². The van der Waals surface area contributed by atoms with Crippen LogP contribution in [0.3, 0.4) is 0 Å². The molecular formula is C30H46N2O2. The third-order valence-corrected chi connectivity index (χ3v) is 6.51. The minimum atomic E-state index is 0.0434. The highest BCUT2D eigenvalue weighted by molar-refractivity contribution is 5.94. The van der Waals surface area contributed by atoms with Crippen molar-refractivity contribution in [1.82, 2.24) is 4.98 Å². The molecule has 4 heteroatoms. The van der Waals surface area contributed by atoms with Gasteiger partial charge in [-0.05, 0) is 30.7 Å². The smallest absolute Gasteiger partial charge is 0.227 e. The summed E-state index contributed by atoms with van der Waals surface area (Å²) in [5, 5.41) is 10.3. The predicted molar refractivity (Wildman–Crippen MR) is 143 cm³/mol. The minimum absolute atomic E-state index is 0.0434. The van der Waals surface area contributed by atoms with Gasteiger partial charge in [0.15, 0.2) is 0 Å². The molecule has 0 fully saturated rings. The Labute approximate surface area is 207 Å². The zero-order chi connectivity index (χ0) is 24.3. The Morgan fingerprint density at radius 3 is 1.79 bits per heavy atom. The van der Waals surface area contributed by atoms with Gasteiger partial charge in [0.25, 0.3) is 0 Å². The second-order valence-corrected chi connectivity index (χ2v) is 9.49. The molecule has 0 atom stereocenters. The van der Waals surface area contributed by atoms with Crippen molar-refractivity contribution < 1.29 is 9.90 Å². The Morgan fingerprint density at radius 1 is 0.735 bits per heavy atom. The molecule has 0 spiro atoms. The zero-order valence-electron chi connectivity index (χ0n) is 21.4. The molecule has 1 aromatic heterocycles. The van der Waals surface area contributed by atoms with Crippen LogP contribution in [0.5, 0.6) is 5.75 Å². The summed E-state index contributed by atoms with van der Waals surface area (Å²) in [6, 6.07) is 12.7. The van der Waals surface area contributed by atoms with Gasteiger partial charge in [0.1, 0.15) is 5.75 Å². The Bertz CT molecular complexity index is 778. The van der Waals surface area contributed by atoms with Crippen molar-refractivity contribution in [3.05, 3.63) is 54.4 Å². The van der Waals surface area contributed by atoms with Crippen LogP contribution in [0, 0.1) is 0 Å². The van der Waals surface area contributed by atoms with Crippen LogP contribution < -0.4 is 4.90 Å². The molecule has 0 saturated heterocycles. The monoisotopic (exact) mass is 466 g/mol. The molecule has 0 aliphatic carbocycles. The molecule has 1 amide bonds. The number of aromatic nitrogens is 1. The van der Waals surface area contributed by atoms with Crippen molar-refractivity contribution in [2.75, 3.05) is 4.90 Å². The molecule has 0 aliphatic heterocycles. The fraction of sp³-hybridized carbons (Fsp3) is 0.600. The highest BCUT2D eigenvalue weighted by Crippen LogP contribution is 2.28. The van der Waals surface area contributed by atoms with Crippen LogP contribution in [-0.2, 0) is 11.3 Å². The van der Waals surface area contributed by atoms with Crippen LogP contribution in [0.15, 0.2) is 48.7 Å². The number of carbonyl (C=O) groups excluding carboxylic acids is 1. The number of pyridine rings is 1. The van der Waals surface area contributed by atoms with E-state index in [0.717, 1.165) is 18.5 Å². The van der Waals surface area contributed by atoms with E-state index in [1.807, 2.05) is 24.3 Å². The van der Waals surface area contributed by atoms with E-state index in [-0.39, 0.29) is 11.7 Å². The first-order valence-electron chi connectivity index (χ1n) is 13.7. The maximum Gasteiger partial charge on any atom is 0.227 e. The second-order valence-electron chi connectivity index (χ2n) is 9.49. The Balaban J connectivity index is 1.58. The van der Waals surface area contributed by atoms with E-state index in [9.17, 15) is 9.90 Å². The van der Waals surface area contributed by atoms with Crippen LogP contribution in [0.1, 0.15) is 115 Å². The van der Waals surface area contributed by atoms with Crippen LogP contribution in [-0.4, -0.2) is 16.0 Å². The van der Waals surface area contributed by atoms with Gasteiger partial charge in [-0.15, -0.1) is 0 Å². The van der Waals surface area contributed by atoms with E-state index in [1.165, 1.54) is 83.5 Å². The van der Waals surface area contributed by atoms with Crippen LogP contribution >= 0.6 is 0 Å². The van der Waals surface area contributed by atoms with Crippen molar-refractivity contribution in [2.24, 2.45) is 0 Å². The summed E-state index contributed by atoms with van der Waals surface area (Å²) in [6.45, 7) is 2.65. The summed E-state index contributed by atoms with van der Waals surface area (Å²) in [5.74, 6) is 0.171. The summed E-state index contributed by atoms with van der Waals surface area (Å²) in [5.41, 5.74) is 1.37. The lowest BCUT2D eigenvalue weighted by atomic mass is 10.0. The molecule has 2 aromatic rings. The lowest BCUT2D eigenvalue weighted by Crippen LogP contribution is -2.30. The molecule has 34 heavy (non-hydrogen) atoms. The normalized spacial score (nSPS) is 11.0. The molecule has 188 valence electrons. The zero-order valence-corrected chi connectivity index (χ0v) is 21.4. The van der Waals surface area contributed by atoms with Gasteiger partial charge in [-0.1, -0.05) is 115 Å². The molecular weight excluding hydrogens is 420 g/mol. The van der Waals surface area contributed by atoms with Gasteiger partial charge < -0.3 is 10.0 Å². The average molecular weight is 467 g/mol. The number of carbonyl (C=O) groups is 1. The molecule has 0 saturated carbocycles. The number of para-hydroxylation sites is 2. The van der Waals surface area contributed by atoms with Crippen LogP contribution in [0.25, 0.3) is 0 Å². The summed E-state index contributed by atoms with van der Waals surface area (Å²) in [6.07, 6.45) is 21.9. The highest BCUT2D eigenvalue weighted by atomic mass is 16.3. The van der Waals surface area contributed by atoms with E-state index in [0.29, 0.717) is 18.7 Å². The molecule has 2 rings (SSSR count). The Hall–Kier alpha value is -2.36. The number of phenolic OH excluding ortho intramolecular Hbond substituents is 1. The number of hydrogen-bond acceptors (Lipinski definition) is 3. The third-order valence-electron chi connectivity index (χ3n) is 6.51. The molecule has 0 aliphatic rings. The number of nitrogens with zero attached hydrogens (tertiary/aromatic N) is 2. The minimum Gasteiger partial charge on any atom is -0.506 e. The van der Waals surface area contributed by atoms with Gasteiger partial charge >= 0.3 is 0 Å². The summed E-state index contributed by atoms with van der Waals surface area (Å²) in [4.78, 5) is 19.0. The highest BCUT2D eigenvalue weighted by Gasteiger charge is 2.19. The molecule has 1 aromatic carbocycles. The average Bonchev–Trinajstić information content (AvgIpc) is 2.86. The maximum atomic E-state index is 13.0. The molecule has 1 heterocycles. The number of hydrogen-bond donors (Lipinski definition) is 1. The third kappa shape index (κ3) is 11.7. The fourth-order valence-corrected chi connectivity index (χ4v) is 4.44. The summed E-state index contributed by atoms with van der Waals surface area (Å²) in [7, 11) is 0. The number of unbranched alkanes of at least 4 members (excludes halogenated alkanes) is 14. The molecule has 0 bridgehead atoms. The number of phenols is 1. The quantitative estimate of drug-likeness (QED) is 0.211. The lowest BCUT2D eigenvalue weighted by molar-refractivity contribution is -0.118. The van der Waals surface area contributed by atoms with Gasteiger partial charge in [0.2, 0.25) is 5.91 Å². The lowest BCUT2D eigenvalue weighted by Gasteiger charge is -2.23. The van der Waals surface area contributed by atoms with E-state index >= 15 is 0 Å². The Morgan fingerprint density at radius 2 is 1.26 bits per heavy atom. The molecule has 0 radical (unpaired) electrons. The standard InChI is InChI=1S/C30H46N2O2/c1-2-3-4-5-6-7-8-9-10-11-12-13-14-15-16-24-30(34)32(26-27-21-19-20-25-31-27)28-22-17-18-23-29(28)33/h17-23,25,33H,2-16,24,26H2,1H3. The number of rotatable bonds is 19. The molecule has 0 unspecified atom stereocenters. The topological polar surface area (TPSA) is 53.4 Å². The predicted octanol–water partition coefficient (Wildman–Crippen LogP) is 8.58. The van der Waals surface area contributed by atoms with Crippen molar-refractivity contribution in [1.29, 1.82) is 0 Å². The SMILES string of the molecule is CCCCCCCCCCCCCCCCCC(=O)N(Cc1ccccn1)c1ccccc1O. The van der Waals surface area contributed by atoms with Crippen molar-refractivity contribution in [3.8, 4) is 5.75 Å². The first kappa shape index (κ1) is 27.9. The fourth-order valence-electron chi connectivity index (χ4n) is 4.44. The largest absolute Gasteiger partial charge is 0.506 e. The van der Waals surface area contributed by atoms with E-state index in [2.05, 4.69) is 11.9 Å². The number of aromatic hydroxyl groups is 1. The molecule has 4 nitrogen and oxygen atoms in total. The van der Waals surface area contributed by atoms with Crippen LogP contribution in [0.4, 0.5) is 5.69 Å². The molecule has 1 N–H and O–H groups in total. The first-order chi connectivity index (χ1) is 16.7. The maximum absolute atomic E-state index is 13.0. The van der Waals surface area contributed by atoms with Gasteiger partial charge in [-0.2, -0.15) is 0 Å². The number of benzene rings is 1. The first-order valence-corrected chi connectivity index (χ1v) is 13.7. The summed E-state index contributed by atoms with van der Waals surface area (Å²) < 4.78 is 0. The van der Waals surface area contributed by atoms with Gasteiger partial charge in [0, 0.05) is 12.6 Å². The Kier molecular flexibility index (Phi) is 14.8. The summed E-state index contributed by atoms with van der Waals surface area (Å²) >= 11 is 0. The second kappa shape index (κ2) is 18.0. The van der Waals surface area contributed by atoms with Gasteiger partial charge in [-0.25, -0.2) is 0 Å². The van der Waals surface area contributed by atoms with Crippen LogP contribution in [0.2, 0.25) is 0 Å². The van der Waals surface area contributed by atoms with Gasteiger partial charge in [0.05, 0.1) is 17.9 Å². The van der Waals surface area contributed by atoms with Gasteiger partial charge in [-0.3, -0.25) is 9.78 Å².